The van der Waals surface area contributed by atoms with Crippen LogP contribution < -0.4 is 9.46 Å². The van der Waals surface area contributed by atoms with Crippen LogP contribution in [0.3, 0.4) is 0 Å². The fourth-order valence-corrected chi connectivity index (χ4v) is 2.96. The normalized spacial score (nSPS) is 20.3. The molecular formula is C14H22N2O4S. The molecule has 0 aliphatic carbocycles. The average molecular weight is 314 g/mol. The molecule has 0 bridgehead atoms. The lowest BCUT2D eigenvalue weighted by molar-refractivity contribution is -0.0156. The van der Waals surface area contributed by atoms with Gasteiger partial charge in [0.2, 0.25) is 10.0 Å². The molecule has 1 fully saturated rings. The van der Waals surface area contributed by atoms with Crippen molar-refractivity contribution >= 4 is 10.0 Å². The number of hydrogen-bond donors (Lipinski definition) is 1. The molecule has 7 heteroatoms. The van der Waals surface area contributed by atoms with Crippen LogP contribution in [0.1, 0.15) is 0 Å². The summed E-state index contributed by atoms with van der Waals surface area (Å²) in [6.45, 7) is 2.69. The molecule has 1 atom stereocenters. The van der Waals surface area contributed by atoms with Crippen molar-refractivity contribution in [1.29, 1.82) is 0 Å². The van der Waals surface area contributed by atoms with E-state index in [1.54, 1.807) is 12.1 Å². The molecule has 1 N–H and O–H groups in total. The third kappa shape index (κ3) is 6.01. The van der Waals surface area contributed by atoms with Crippen LogP contribution in [0.4, 0.5) is 0 Å². The van der Waals surface area contributed by atoms with E-state index in [4.69, 9.17) is 9.47 Å². The highest BCUT2D eigenvalue weighted by Crippen LogP contribution is 2.08. The maximum absolute atomic E-state index is 11.9. The van der Waals surface area contributed by atoms with Crippen LogP contribution in [0.2, 0.25) is 0 Å². The van der Waals surface area contributed by atoms with Crippen molar-refractivity contribution in [2.45, 2.75) is 6.10 Å². The van der Waals surface area contributed by atoms with E-state index >= 15 is 0 Å². The highest BCUT2D eigenvalue weighted by molar-refractivity contribution is 7.89. The Balaban J connectivity index is 1.69. The van der Waals surface area contributed by atoms with Gasteiger partial charge in [-0.05, 0) is 19.2 Å². The van der Waals surface area contributed by atoms with E-state index in [0.717, 1.165) is 13.1 Å². The lowest BCUT2D eigenvalue weighted by atomic mass is 10.3. The van der Waals surface area contributed by atoms with Crippen molar-refractivity contribution in [2.75, 3.05) is 45.6 Å². The molecule has 1 heterocycles. The first-order valence-corrected chi connectivity index (χ1v) is 8.66. The largest absolute Gasteiger partial charge is 0.492 e. The number of nitrogens with one attached hydrogen (secondary N) is 1. The minimum absolute atomic E-state index is 0.0650. The highest BCUT2D eigenvalue weighted by Gasteiger charge is 2.20. The minimum atomic E-state index is -3.34. The number of ether oxygens (including phenoxy) is 2. The quantitative estimate of drug-likeness (QED) is 0.785. The van der Waals surface area contributed by atoms with E-state index in [0.29, 0.717) is 18.9 Å². The van der Waals surface area contributed by atoms with Gasteiger partial charge in [0.15, 0.2) is 0 Å². The number of sulfonamides is 1. The van der Waals surface area contributed by atoms with Crippen molar-refractivity contribution < 1.29 is 17.9 Å². The SMILES string of the molecule is CN1CCO[C@H](CNS(=O)(=O)CCOc2ccccc2)C1. The molecule has 1 aliphatic heterocycles. The Morgan fingerprint density at radius 3 is 2.86 bits per heavy atom. The summed E-state index contributed by atoms with van der Waals surface area (Å²) in [7, 11) is -1.34. The summed E-state index contributed by atoms with van der Waals surface area (Å²) in [4.78, 5) is 2.13. The maximum atomic E-state index is 11.9. The number of hydrogen-bond acceptors (Lipinski definition) is 5. The third-order valence-electron chi connectivity index (χ3n) is 3.24. The molecular weight excluding hydrogens is 292 g/mol. The number of nitrogens with zero attached hydrogens (tertiary/aromatic N) is 1. The van der Waals surface area contributed by atoms with Crippen molar-refractivity contribution in [3.8, 4) is 5.75 Å². The smallest absolute Gasteiger partial charge is 0.215 e. The van der Waals surface area contributed by atoms with E-state index < -0.39 is 10.0 Å². The van der Waals surface area contributed by atoms with Gasteiger partial charge in [0, 0.05) is 19.6 Å². The maximum Gasteiger partial charge on any atom is 0.215 e. The Morgan fingerprint density at radius 2 is 2.14 bits per heavy atom. The molecule has 1 saturated heterocycles. The average Bonchev–Trinajstić information content (AvgIpc) is 2.46. The topological polar surface area (TPSA) is 67.9 Å². The second-order valence-corrected chi connectivity index (χ2v) is 7.01. The fourth-order valence-electron chi connectivity index (χ4n) is 2.07. The predicted octanol–water partition coefficient (Wildman–Crippen LogP) is 0.315. The summed E-state index contributed by atoms with van der Waals surface area (Å²) in [6, 6.07) is 9.17. The number of para-hydroxylation sites is 1. The van der Waals surface area contributed by atoms with Crippen molar-refractivity contribution in [1.82, 2.24) is 9.62 Å². The second kappa shape index (κ2) is 7.74. The lowest BCUT2D eigenvalue weighted by Gasteiger charge is -2.30. The van der Waals surface area contributed by atoms with Gasteiger partial charge in [-0.15, -0.1) is 0 Å². The van der Waals surface area contributed by atoms with Crippen molar-refractivity contribution in [3.63, 3.8) is 0 Å². The Labute approximate surface area is 126 Å². The first kappa shape index (κ1) is 16.2. The van der Waals surface area contributed by atoms with Crippen LogP contribution in [-0.4, -0.2) is 65.1 Å². The first-order valence-electron chi connectivity index (χ1n) is 7.00. The molecule has 0 radical (unpaired) electrons. The molecule has 21 heavy (non-hydrogen) atoms. The Kier molecular flexibility index (Phi) is 5.98. The summed E-state index contributed by atoms with van der Waals surface area (Å²) < 4.78 is 37.3. The van der Waals surface area contributed by atoms with Crippen LogP contribution in [0.15, 0.2) is 30.3 Å². The molecule has 0 spiro atoms. The summed E-state index contributed by atoms with van der Waals surface area (Å²) >= 11 is 0. The first-order chi connectivity index (χ1) is 10.1. The predicted molar refractivity (Wildman–Crippen MR) is 81.0 cm³/mol. The van der Waals surface area contributed by atoms with Gasteiger partial charge in [0.1, 0.15) is 12.4 Å². The van der Waals surface area contributed by atoms with Gasteiger partial charge < -0.3 is 14.4 Å². The molecule has 0 saturated carbocycles. The third-order valence-corrected chi connectivity index (χ3v) is 4.55. The molecule has 0 unspecified atom stereocenters. The number of morpholine rings is 1. The molecule has 1 aromatic carbocycles. The zero-order valence-electron chi connectivity index (χ0n) is 12.2. The molecule has 1 aromatic rings. The zero-order chi connectivity index (χ0) is 15.1. The van der Waals surface area contributed by atoms with Gasteiger partial charge in [-0.2, -0.15) is 0 Å². The number of benzene rings is 1. The van der Waals surface area contributed by atoms with Crippen LogP contribution in [0.5, 0.6) is 5.75 Å². The molecule has 6 nitrogen and oxygen atoms in total. The molecule has 2 rings (SSSR count). The Hall–Kier alpha value is -1.15. The van der Waals surface area contributed by atoms with Gasteiger partial charge in [-0.3, -0.25) is 0 Å². The van der Waals surface area contributed by atoms with Gasteiger partial charge in [0.25, 0.3) is 0 Å². The van der Waals surface area contributed by atoms with Crippen molar-refractivity contribution in [3.05, 3.63) is 30.3 Å². The van der Waals surface area contributed by atoms with Crippen LogP contribution in [0, 0.1) is 0 Å². The van der Waals surface area contributed by atoms with Gasteiger partial charge in [-0.1, -0.05) is 18.2 Å². The number of likely N-dealkylation sites (N-methyl/N-ethyl adjacent to an activating group) is 1. The van der Waals surface area contributed by atoms with Gasteiger partial charge in [0.05, 0.1) is 18.5 Å². The highest BCUT2D eigenvalue weighted by atomic mass is 32.2. The summed E-state index contributed by atoms with van der Waals surface area (Å²) in [5, 5.41) is 0. The van der Waals surface area contributed by atoms with Crippen molar-refractivity contribution in [2.24, 2.45) is 0 Å². The van der Waals surface area contributed by atoms with E-state index in [2.05, 4.69) is 9.62 Å². The Morgan fingerprint density at radius 1 is 1.38 bits per heavy atom. The van der Waals surface area contributed by atoms with E-state index in [1.165, 1.54) is 0 Å². The summed E-state index contributed by atoms with van der Waals surface area (Å²) in [5.74, 6) is 0.606. The zero-order valence-corrected chi connectivity index (χ0v) is 13.0. The molecule has 1 aliphatic rings. The van der Waals surface area contributed by atoms with E-state index in [1.807, 2.05) is 25.2 Å². The van der Waals surface area contributed by atoms with Gasteiger partial charge in [-0.25, -0.2) is 13.1 Å². The molecule has 0 aromatic heterocycles. The van der Waals surface area contributed by atoms with Crippen LogP contribution >= 0.6 is 0 Å². The monoisotopic (exact) mass is 314 g/mol. The van der Waals surface area contributed by atoms with E-state index in [9.17, 15) is 8.42 Å². The van der Waals surface area contributed by atoms with Crippen LogP contribution in [0.25, 0.3) is 0 Å². The fraction of sp³-hybridized carbons (Fsp3) is 0.571. The standard InChI is InChI=1S/C14H22N2O4S/c1-16-7-8-19-14(12-16)11-15-21(17,18)10-9-20-13-5-3-2-4-6-13/h2-6,14-15H,7-12H2,1H3/t14-/m1/s1. The van der Waals surface area contributed by atoms with Gasteiger partial charge >= 0.3 is 0 Å². The van der Waals surface area contributed by atoms with Crippen LogP contribution in [-0.2, 0) is 14.8 Å². The summed E-state index contributed by atoms with van der Waals surface area (Å²) in [6.07, 6.45) is -0.0893. The van der Waals surface area contributed by atoms with E-state index in [-0.39, 0.29) is 18.5 Å². The summed E-state index contributed by atoms with van der Waals surface area (Å²) in [5.41, 5.74) is 0. The second-order valence-electron chi connectivity index (χ2n) is 5.08. The Bertz CT molecular complexity index is 521. The lowest BCUT2D eigenvalue weighted by Crippen LogP contribution is -2.46. The number of rotatable bonds is 7. The minimum Gasteiger partial charge on any atom is -0.492 e. The molecule has 118 valence electrons. The molecule has 0 amide bonds.